The van der Waals surface area contributed by atoms with Crippen molar-refractivity contribution in [2.24, 2.45) is 5.92 Å². The van der Waals surface area contributed by atoms with E-state index in [2.05, 4.69) is 10.0 Å². The second-order valence-corrected chi connectivity index (χ2v) is 10.3. The van der Waals surface area contributed by atoms with Gasteiger partial charge in [-0.3, -0.25) is 14.3 Å². The number of amides is 2. The summed E-state index contributed by atoms with van der Waals surface area (Å²) in [6.07, 6.45) is 3.04. The Kier molecular flexibility index (Phi) is 8.13. The first-order valence-corrected chi connectivity index (χ1v) is 13.0. The Bertz CT molecular complexity index is 1090. The molecule has 0 aliphatic carbocycles. The maximum absolute atomic E-state index is 12.8. The first-order valence-electron chi connectivity index (χ1n) is 11.5. The highest BCUT2D eigenvalue weighted by molar-refractivity contribution is 7.92. The standard InChI is InChI=1S/C25H33N3O4S/c1-4-19(5-2)25(30)28-14-12-21(13-15-28)26-24(29)20-9-7-11-23(17-20)33(31,32)27-22-10-6-8-18(3)16-22/h6-11,16-17,19,21,27H,4-5,12-15H2,1-3H3,(H,26,29). The number of hydrogen-bond donors (Lipinski definition) is 2. The summed E-state index contributed by atoms with van der Waals surface area (Å²) >= 11 is 0. The minimum Gasteiger partial charge on any atom is -0.349 e. The Labute approximate surface area is 196 Å². The average molecular weight is 472 g/mol. The largest absolute Gasteiger partial charge is 0.349 e. The fourth-order valence-electron chi connectivity index (χ4n) is 4.14. The van der Waals surface area contributed by atoms with Crippen LogP contribution in [0.4, 0.5) is 5.69 Å². The van der Waals surface area contributed by atoms with E-state index in [9.17, 15) is 18.0 Å². The van der Waals surface area contributed by atoms with E-state index in [1.54, 1.807) is 30.3 Å². The highest BCUT2D eigenvalue weighted by atomic mass is 32.2. The van der Waals surface area contributed by atoms with Gasteiger partial charge >= 0.3 is 0 Å². The molecule has 3 rings (SSSR count). The van der Waals surface area contributed by atoms with Gasteiger partial charge in [0.15, 0.2) is 0 Å². The number of aryl methyl sites for hydroxylation is 1. The predicted octanol–water partition coefficient (Wildman–Crippen LogP) is 3.95. The maximum Gasteiger partial charge on any atom is 0.261 e. The Morgan fingerprint density at radius 1 is 1.03 bits per heavy atom. The molecule has 0 unspecified atom stereocenters. The molecule has 8 heteroatoms. The number of hydrogen-bond acceptors (Lipinski definition) is 4. The number of rotatable bonds is 8. The molecule has 0 bridgehead atoms. The third kappa shape index (κ3) is 6.35. The van der Waals surface area contributed by atoms with Gasteiger partial charge < -0.3 is 10.2 Å². The molecule has 1 saturated heterocycles. The second-order valence-electron chi connectivity index (χ2n) is 8.59. The summed E-state index contributed by atoms with van der Waals surface area (Å²) in [6, 6.07) is 13.1. The molecule has 0 aromatic heterocycles. The van der Waals surface area contributed by atoms with Crippen molar-refractivity contribution in [3.05, 3.63) is 59.7 Å². The highest BCUT2D eigenvalue weighted by Gasteiger charge is 2.27. The molecule has 0 spiro atoms. The van der Waals surface area contributed by atoms with Gasteiger partial charge in [-0.2, -0.15) is 0 Å². The van der Waals surface area contributed by atoms with Crippen molar-refractivity contribution in [3.8, 4) is 0 Å². The lowest BCUT2D eigenvalue weighted by Crippen LogP contribution is -2.48. The average Bonchev–Trinajstić information content (AvgIpc) is 2.80. The van der Waals surface area contributed by atoms with Crippen molar-refractivity contribution in [1.82, 2.24) is 10.2 Å². The summed E-state index contributed by atoms with van der Waals surface area (Å²) in [7, 11) is -3.82. The van der Waals surface area contributed by atoms with Gasteiger partial charge in [-0.1, -0.05) is 32.0 Å². The van der Waals surface area contributed by atoms with Gasteiger partial charge in [-0.25, -0.2) is 8.42 Å². The van der Waals surface area contributed by atoms with Crippen LogP contribution in [0.5, 0.6) is 0 Å². The summed E-state index contributed by atoms with van der Waals surface area (Å²) in [5.41, 5.74) is 1.70. The number of carbonyl (C=O) groups is 2. The molecule has 178 valence electrons. The van der Waals surface area contributed by atoms with Crippen LogP contribution >= 0.6 is 0 Å². The van der Waals surface area contributed by atoms with Crippen LogP contribution in [0.2, 0.25) is 0 Å². The maximum atomic E-state index is 12.8. The molecule has 1 heterocycles. The molecule has 0 saturated carbocycles. The second kappa shape index (κ2) is 10.8. The number of nitrogens with zero attached hydrogens (tertiary/aromatic N) is 1. The summed E-state index contributed by atoms with van der Waals surface area (Å²) in [4.78, 5) is 27.3. The number of sulfonamides is 1. The lowest BCUT2D eigenvalue weighted by atomic mass is 9.98. The molecule has 1 aliphatic rings. The van der Waals surface area contributed by atoms with Crippen LogP contribution in [0, 0.1) is 12.8 Å². The van der Waals surface area contributed by atoms with Crippen LogP contribution in [0.3, 0.4) is 0 Å². The van der Waals surface area contributed by atoms with Crippen molar-refractivity contribution in [2.75, 3.05) is 17.8 Å². The monoisotopic (exact) mass is 471 g/mol. The summed E-state index contributed by atoms with van der Waals surface area (Å²) in [5, 5.41) is 3.00. The Hall–Kier alpha value is -2.87. The van der Waals surface area contributed by atoms with Crippen LogP contribution in [-0.4, -0.2) is 44.3 Å². The van der Waals surface area contributed by atoms with Crippen molar-refractivity contribution in [2.45, 2.75) is 57.4 Å². The van der Waals surface area contributed by atoms with E-state index < -0.39 is 10.0 Å². The molecule has 0 atom stereocenters. The summed E-state index contributed by atoms with van der Waals surface area (Å²) in [5.74, 6) is -0.0505. The van der Waals surface area contributed by atoms with Gasteiger partial charge in [0.1, 0.15) is 0 Å². The molecule has 33 heavy (non-hydrogen) atoms. The quantitative estimate of drug-likeness (QED) is 0.609. The minimum absolute atomic E-state index is 0.0299. The molecular formula is C25H33N3O4S. The van der Waals surface area contributed by atoms with E-state index >= 15 is 0 Å². The molecule has 2 N–H and O–H groups in total. The third-order valence-corrected chi connectivity index (χ3v) is 7.53. The van der Waals surface area contributed by atoms with Crippen LogP contribution in [0.1, 0.15) is 55.5 Å². The van der Waals surface area contributed by atoms with Crippen molar-refractivity contribution >= 4 is 27.5 Å². The van der Waals surface area contributed by atoms with E-state index in [4.69, 9.17) is 0 Å². The molecule has 2 aromatic carbocycles. The van der Waals surface area contributed by atoms with Crippen LogP contribution in [-0.2, 0) is 14.8 Å². The number of carbonyl (C=O) groups excluding carboxylic acids is 2. The molecule has 2 amide bonds. The van der Waals surface area contributed by atoms with Crippen molar-refractivity contribution in [3.63, 3.8) is 0 Å². The number of piperidine rings is 1. The van der Waals surface area contributed by atoms with E-state index in [-0.39, 0.29) is 34.2 Å². The number of anilines is 1. The third-order valence-electron chi connectivity index (χ3n) is 6.15. The van der Waals surface area contributed by atoms with Crippen LogP contribution in [0.25, 0.3) is 0 Å². The van der Waals surface area contributed by atoms with E-state index in [0.29, 0.717) is 31.6 Å². The molecule has 0 radical (unpaired) electrons. The molecule has 1 fully saturated rings. The highest BCUT2D eigenvalue weighted by Crippen LogP contribution is 2.20. The molecule has 7 nitrogen and oxygen atoms in total. The first kappa shape index (κ1) is 24.8. The van der Waals surface area contributed by atoms with E-state index in [1.807, 2.05) is 31.7 Å². The van der Waals surface area contributed by atoms with Crippen molar-refractivity contribution < 1.29 is 18.0 Å². The van der Waals surface area contributed by atoms with Gasteiger partial charge in [0.2, 0.25) is 5.91 Å². The van der Waals surface area contributed by atoms with E-state index in [0.717, 1.165) is 18.4 Å². The lowest BCUT2D eigenvalue weighted by Gasteiger charge is -2.34. The smallest absolute Gasteiger partial charge is 0.261 e. The number of benzene rings is 2. The van der Waals surface area contributed by atoms with Crippen LogP contribution in [0.15, 0.2) is 53.4 Å². The number of likely N-dealkylation sites (tertiary alicyclic amines) is 1. The topological polar surface area (TPSA) is 95.6 Å². The Morgan fingerprint density at radius 3 is 2.33 bits per heavy atom. The van der Waals surface area contributed by atoms with Gasteiger partial charge in [-0.15, -0.1) is 0 Å². The minimum atomic E-state index is -3.82. The van der Waals surface area contributed by atoms with Gasteiger partial charge in [-0.05, 0) is 68.5 Å². The zero-order chi connectivity index (χ0) is 24.0. The van der Waals surface area contributed by atoms with E-state index in [1.165, 1.54) is 12.1 Å². The normalized spacial score (nSPS) is 14.8. The lowest BCUT2D eigenvalue weighted by molar-refractivity contribution is -0.136. The summed E-state index contributed by atoms with van der Waals surface area (Å²) < 4.78 is 28.2. The predicted molar refractivity (Wildman–Crippen MR) is 130 cm³/mol. The molecule has 1 aliphatic heterocycles. The van der Waals surface area contributed by atoms with Gasteiger partial charge in [0.05, 0.1) is 4.90 Å². The SMILES string of the molecule is CCC(CC)C(=O)N1CCC(NC(=O)c2cccc(S(=O)(=O)Nc3cccc(C)c3)c2)CC1. The van der Waals surface area contributed by atoms with Gasteiger partial charge in [0, 0.05) is 36.3 Å². The first-order chi connectivity index (χ1) is 15.7. The van der Waals surface area contributed by atoms with Crippen molar-refractivity contribution in [1.29, 1.82) is 0 Å². The van der Waals surface area contributed by atoms with Crippen LogP contribution < -0.4 is 10.0 Å². The zero-order valence-electron chi connectivity index (χ0n) is 19.5. The van der Waals surface area contributed by atoms with Gasteiger partial charge in [0.25, 0.3) is 15.9 Å². The Balaban J connectivity index is 1.62. The molecule has 2 aromatic rings. The number of nitrogens with one attached hydrogen (secondary N) is 2. The fraction of sp³-hybridized carbons (Fsp3) is 0.440. The Morgan fingerprint density at radius 2 is 1.70 bits per heavy atom. The zero-order valence-corrected chi connectivity index (χ0v) is 20.3. The summed E-state index contributed by atoms with van der Waals surface area (Å²) in [6.45, 7) is 7.19. The molecular weight excluding hydrogens is 438 g/mol. The fourth-order valence-corrected chi connectivity index (χ4v) is 5.23.